The van der Waals surface area contributed by atoms with E-state index in [2.05, 4.69) is 27.3 Å². The molecule has 3 unspecified atom stereocenters. The molecule has 1 N–H and O–H groups in total. The maximum absolute atomic E-state index is 5.50. The molecule has 7 heteroatoms. The van der Waals surface area contributed by atoms with Crippen molar-refractivity contribution in [3.8, 4) is 0 Å². The van der Waals surface area contributed by atoms with Crippen molar-refractivity contribution in [3.05, 3.63) is 11.7 Å². The van der Waals surface area contributed by atoms with Crippen LogP contribution in [0.2, 0.25) is 0 Å². The quantitative estimate of drug-likeness (QED) is 0.629. The summed E-state index contributed by atoms with van der Waals surface area (Å²) in [6.45, 7) is 10.1. The minimum Gasteiger partial charge on any atom is -0.371 e. The molecule has 0 bridgehead atoms. The molecule has 0 radical (unpaired) electrons. The molecule has 0 spiro atoms. The number of ether oxygens (including phenoxy) is 1. The van der Waals surface area contributed by atoms with E-state index < -0.39 is 0 Å². The van der Waals surface area contributed by atoms with Crippen LogP contribution in [0.25, 0.3) is 0 Å². The molecule has 2 fully saturated rings. The molecule has 1 aromatic heterocycles. The third-order valence-electron chi connectivity index (χ3n) is 5.24. The second kappa shape index (κ2) is 8.65. The van der Waals surface area contributed by atoms with Gasteiger partial charge in [-0.15, -0.1) is 0 Å². The highest BCUT2D eigenvalue weighted by Gasteiger charge is 2.35. The van der Waals surface area contributed by atoms with E-state index in [9.17, 15) is 0 Å². The van der Waals surface area contributed by atoms with Gasteiger partial charge in [0, 0.05) is 26.2 Å². The van der Waals surface area contributed by atoms with Crippen LogP contribution in [0.4, 0.5) is 0 Å². The first-order chi connectivity index (χ1) is 12.2. The minimum absolute atomic E-state index is 0.151. The first-order valence-electron chi connectivity index (χ1n) is 9.68. The molecule has 3 atom stereocenters. The van der Waals surface area contributed by atoms with Gasteiger partial charge in [-0.1, -0.05) is 18.0 Å². The lowest BCUT2D eigenvalue weighted by Crippen LogP contribution is -2.40. The maximum Gasteiger partial charge on any atom is 0.248 e. The third-order valence-corrected chi connectivity index (χ3v) is 5.24. The van der Waals surface area contributed by atoms with E-state index in [1.165, 1.54) is 25.7 Å². The van der Waals surface area contributed by atoms with Gasteiger partial charge >= 0.3 is 0 Å². The molecule has 1 aromatic rings. The number of guanidine groups is 1. The van der Waals surface area contributed by atoms with Crippen LogP contribution in [-0.2, 0) is 11.3 Å². The molecule has 0 aromatic carbocycles. The van der Waals surface area contributed by atoms with E-state index >= 15 is 0 Å². The fourth-order valence-corrected chi connectivity index (χ4v) is 3.97. The highest BCUT2D eigenvalue weighted by Crippen LogP contribution is 2.35. The fraction of sp³-hybridized carbons (Fsp3) is 0.833. The Hall–Kier alpha value is -1.63. The summed E-state index contributed by atoms with van der Waals surface area (Å²) in [4.78, 5) is 11.5. The number of aromatic nitrogens is 2. The highest BCUT2D eigenvalue weighted by atomic mass is 16.5. The number of fused-ring (bicyclic) bond motifs is 1. The van der Waals surface area contributed by atoms with Gasteiger partial charge < -0.3 is 19.5 Å². The molecule has 0 amide bonds. The van der Waals surface area contributed by atoms with E-state index in [4.69, 9.17) is 14.3 Å². The molecule has 140 valence electrons. The fourth-order valence-electron chi connectivity index (χ4n) is 3.97. The molecule has 1 saturated heterocycles. The van der Waals surface area contributed by atoms with Gasteiger partial charge in [-0.05, 0) is 45.4 Å². The van der Waals surface area contributed by atoms with Crippen LogP contribution in [0.5, 0.6) is 0 Å². The molecule has 2 heterocycles. The minimum atomic E-state index is -0.151. The summed E-state index contributed by atoms with van der Waals surface area (Å²) in [5.74, 6) is 3.76. The standard InChI is InChI=1S/C18H31N5O2/c1-4-19-18(23-11-14-8-6-7-9-15(14)12-23)20-10-16-21-17(22-25-16)13(3)24-5-2/h13-15H,4-12H2,1-3H3,(H,19,20). The number of hydrogen-bond donors (Lipinski definition) is 1. The second-order valence-corrected chi connectivity index (χ2v) is 7.02. The van der Waals surface area contributed by atoms with Gasteiger partial charge in [0.05, 0.1) is 0 Å². The molecule has 25 heavy (non-hydrogen) atoms. The maximum atomic E-state index is 5.50. The molecule has 7 nitrogen and oxygen atoms in total. The van der Waals surface area contributed by atoms with Gasteiger partial charge in [0.2, 0.25) is 5.89 Å². The van der Waals surface area contributed by atoms with E-state index in [1.54, 1.807) is 0 Å². The molecular formula is C18H31N5O2. The average Bonchev–Trinajstić information content (AvgIpc) is 3.25. The summed E-state index contributed by atoms with van der Waals surface area (Å²) >= 11 is 0. The van der Waals surface area contributed by atoms with E-state index in [0.29, 0.717) is 24.9 Å². The van der Waals surface area contributed by atoms with E-state index in [-0.39, 0.29) is 6.10 Å². The SMILES string of the molecule is CCNC(=NCc1nc(C(C)OCC)no1)N1CC2CCCCC2C1. The predicted octanol–water partition coefficient (Wildman–Crippen LogP) is 2.75. The smallest absolute Gasteiger partial charge is 0.248 e. The number of rotatable bonds is 6. The zero-order valence-corrected chi connectivity index (χ0v) is 15.7. The summed E-state index contributed by atoms with van der Waals surface area (Å²) < 4.78 is 10.8. The zero-order valence-electron chi connectivity index (χ0n) is 15.7. The van der Waals surface area contributed by atoms with Crippen molar-refractivity contribution >= 4 is 5.96 Å². The van der Waals surface area contributed by atoms with Crippen molar-refractivity contribution < 1.29 is 9.26 Å². The van der Waals surface area contributed by atoms with Crippen molar-refractivity contribution in [3.63, 3.8) is 0 Å². The van der Waals surface area contributed by atoms with Crippen LogP contribution >= 0.6 is 0 Å². The van der Waals surface area contributed by atoms with Crippen molar-refractivity contribution in [2.75, 3.05) is 26.2 Å². The van der Waals surface area contributed by atoms with Crippen molar-refractivity contribution in [2.24, 2.45) is 16.8 Å². The monoisotopic (exact) mass is 349 g/mol. The van der Waals surface area contributed by atoms with Crippen molar-refractivity contribution in [1.82, 2.24) is 20.4 Å². The molecule has 1 aliphatic carbocycles. The topological polar surface area (TPSA) is 75.8 Å². The molecule has 1 saturated carbocycles. The van der Waals surface area contributed by atoms with Gasteiger partial charge in [0.15, 0.2) is 11.8 Å². The van der Waals surface area contributed by atoms with Gasteiger partial charge in [0.1, 0.15) is 12.6 Å². The Balaban J connectivity index is 1.62. The third kappa shape index (κ3) is 4.51. The summed E-state index contributed by atoms with van der Waals surface area (Å²) in [7, 11) is 0. The van der Waals surface area contributed by atoms with Crippen LogP contribution in [0.3, 0.4) is 0 Å². The lowest BCUT2D eigenvalue weighted by molar-refractivity contribution is 0.0683. The second-order valence-electron chi connectivity index (χ2n) is 7.02. The number of nitrogens with zero attached hydrogens (tertiary/aromatic N) is 4. The van der Waals surface area contributed by atoms with Crippen LogP contribution in [0, 0.1) is 11.8 Å². The van der Waals surface area contributed by atoms with Crippen LogP contribution in [-0.4, -0.2) is 47.2 Å². The first-order valence-corrected chi connectivity index (χ1v) is 9.68. The highest BCUT2D eigenvalue weighted by molar-refractivity contribution is 5.80. The summed E-state index contributed by atoms with van der Waals surface area (Å²) in [6.07, 6.45) is 5.34. The average molecular weight is 349 g/mol. The predicted molar refractivity (Wildman–Crippen MR) is 96.2 cm³/mol. The molecule has 2 aliphatic rings. The number of hydrogen-bond acceptors (Lipinski definition) is 5. The molecule has 3 rings (SSSR count). The Morgan fingerprint density at radius 2 is 2.04 bits per heavy atom. The summed E-state index contributed by atoms with van der Waals surface area (Å²) in [5.41, 5.74) is 0. The van der Waals surface area contributed by atoms with Gasteiger partial charge in [-0.25, -0.2) is 4.99 Å². The Morgan fingerprint density at radius 1 is 1.32 bits per heavy atom. The summed E-state index contributed by atoms with van der Waals surface area (Å²) in [5, 5.41) is 7.42. The van der Waals surface area contributed by atoms with Gasteiger partial charge in [-0.2, -0.15) is 4.98 Å². The normalized spacial score (nSPS) is 25.1. The Labute approximate surface area is 150 Å². The van der Waals surface area contributed by atoms with Crippen molar-refractivity contribution in [2.45, 2.75) is 59.1 Å². The molecular weight excluding hydrogens is 318 g/mol. The van der Waals surface area contributed by atoms with Gasteiger partial charge in [0.25, 0.3) is 0 Å². The number of likely N-dealkylation sites (tertiary alicyclic amines) is 1. The van der Waals surface area contributed by atoms with Crippen LogP contribution < -0.4 is 5.32 Å². The molecule has 1 aliphatic heterocycles. The van der Waals surface area contributed by atoms with Crippen LogP contribution in [0.15, 0.2) is 9.52 Å². The van der Waals surface area contributed by atoms with Crippen LogP contribution in [0.1, 0.15) is 64.3 Å². The summed E-state index contributed by atoms with van der Waals surface area (Å²) in [6, 6.07) is 0. The van der Waals surface area contributed by atoms with E-state index in [1.807, 2.05) is 13.8 Å². The first kappa shape index (κ1) is 18.2. The van der Waals surface area contributed by atoms with Gasteiger partial charge in [-0.3, -0.25) is 0 Å². The van der Waals surface area contributed by atoms with Crippen molar-refractivity contribution in [1.29, 1.82) is 0 Å². The lowest BCUT2D eigenvalue weighted by atomic mass is 9.82. The lowest BCUT2D eigenvalue weighted by Gasteiger charge is -2.22. The number of aliphatic imine (C=N–C) groups is 1. The number of nitrogens with one attached hydrogen (secondary N) is 1. The Bertz CT molecular complexity index is 560. The van der Waals surface area contributed by atoms with E-state index in [0.717, 1.165) is 37.4 Å². The Morgan fingerprint density at radius 3 is 2.68 bits per heavy atom. The Kier molecular flexibility index (Phi) is 6.29. The zero-order chi connectivity index (χ0) is 17.6. The largest absolute Gasteiger partial charge is 0.371 e.